The minimum Gasteiger partial charge on any atom is -0.494 e. The first-order valence-corrected chi connectivity index (χ1v) is 10.2. The highest BCUT2D eigenvalue weighted by Gasteiger charge is 2.52. The Bertz CT molecular complexity index is 1040. The van der Waals surface area contributed by atoms with Crippen molar-refractivity contribution in [2.75, 3.05) is 13.2 Å². The number of carbonyl (C=O) groups excluding carboxylic acids is 2. The van der Waals surface area contributed by atoms with Gasteiger partial charge in [0, 0.05) is 13.0 Å². The number of urea groups is 1. The zero-order valence-electron chi connectivity index (χ0n) is 17.0. The van der Waals surface area contributed by atoms with Gasteiger partial charge in [0.05, 0.1) is 6.61 Å². The molecule has 0 radical (unpaired) electrons. The van der Waals surface area contributed by atoms with Crippen LogP contribution in [0, 0.1) is 5.82 Å². The van der Waals surface area contributed by atoms with E-state index in [0.29, 0.717) is 25.2 Å². The number of nitrogens with one attached hydrogen (secondary N) is 1. The molecule has 0 bridgehead atoms. The second-order valence-corrected chi connectivity index (χ2v) is 7.48. The van der Waals surface area contributed by atoms with Gasteiger partial charge in [0.1, 0.15) is 11.6 Å². The monoisotopic (exact) mass is 418 g/mol. The third-order valence-electron chi connectivity index (χ3n) is 5.36. The molecule has 3 aromatic carbocycles. The van der Waals surface area contributed by atoms with Gasteiger partial charge in [-0.1, -0.05) is 60.7 Å². The Labute approximate surface area is 180 Å². The molecular formula is C25H23FN2O3. The Morgan fingerprint density at radius 1 is 0.871 bits per heavy atom. The Morgan fingerprint density at radius 3 is 2.19 bits per heavy atom. The molecule has 31 heavy (non-hydrogen) atoms. The van der Waals surface area contributed by atoms with Gasteiger partial charge in [-0.05, 0) is 41.8 Å². The number of amides is 3. The van der Waals surface area contributed by atoms with Crippen molar-refractivity contribution in [1.29, 1.82) is 0 Å². The number of rotatable bonds is 8. The Kier molecular flexibility index (Phi) is 5.98. The van der Waals surface area contributed by atoms with Crippen LogP contribution in [0.15, 0.2) is 84.9 Å². The van der Waals surface area contributed by atoms with Crippen molar-refractivity contribution in [2.24, 2.45) is 0 Å². The first-order chi connectivity index (χ1) is 15.1. The van der Waals surface area contributed by atoms with E-state index in [-0.39, 0.29) is 18.3 Å². The second kappa shape index (κ2) is 9.00. The van der Waals surface area contributed by atoms with Crippen molar-refractivity contribution in [2.45, 2.75) is 18.4 Å². The van der Waals surface area contributed by atoms with Crippen molar-refractivity contribution in [3.05, 3.63) is 102 Å². The molecule has 1 fully saturated rings. The van der Waals surface area contributed by atoms with Crippen molar-refractivity contribution in [3.8, 4) is 5.75 Å². The number of ether oxygens (including phenoxy) is 1. The van der Waals surface area contributed by atoms with Gasteiger partial charge in [-0.15, -0.1) is 0 Å². The van der Waals surface area contributed by atoms with Crippen molar-refractivity contribution in [3.63, 3.8) is 0 Å². The van der Waals surface area contributed by atoms with Crippen LogP contribution in [0.2, 0.25) is 0 Å². The van der Waals surface area contributed by atoms with Crippen LogP contribution >= 0.6 is 0 Å². The van der Waals surface area contributed by atoms with Gasteiger partial charge < -0.3 is 10.1 Å². The van der Waals surface area contributed by atoms with E-state index in [1.165, 1.54) is 17.0 Å². The molecule has 1 heterocycles. The van der Waals surface area contributed by atoms with Gasteiger partial charge in [0.2, 0.25) is 0 Å². The molecular weight excluding hydrogens is 395 g/mol. The SMILES string of the molecule is O=C1N[C@](Cc2ccccc2)(c2ccccc2)C(=O)N1CCCOc1ccc(F)cc1. The van der Waals surface area contributed by atoms with E-state index in [2.05, 4.69) is 5.32 Å². The fraction of sp³-hybridized carbons (Fsp3) is 0.200. The summed E-state index contributed by atoms with van der Waals surface area (Å²) in [5.74, 6) is -0.0574. The standard InChI is InChI=1S/C25H23FN2O3/c26-21-12-14-22(15-13-21)31-17-7-16-28-23(29)25(27-24(28)30,20-10-5-2-6-11-20)18-19-8-3-1-4-9-19/h1-6,8-15H,7,16-18H2,(H,27,30)/t25-/m1/s1. The van der Waals surface area contributed by atoms with Crippen LogP contribution in [0.5, 0.6) is 5.75 Å². The van der Waals surface area contributed by atoms with E-state index in [9.17, 15) is 14.0 Å². The number of benzene rings is 3. The zero-order valence-corrected chi connectivity index (χ0v) is 17.0. The molecule has 1 atom stereocenters. The van der Waals surface area contributed by atoms with E-state index >= 15 is 0 Å². The van der Waals surface area contributed by atoms with Gasteiger partial charge in [0.15, 0.2) is 5.54 Å². The summed E-state index contributed by atoms with van der Waals surface area (Å²) in [5, 5.41) is 2.95. The second-order valence-electron chi connectivity index (χ2n) is 7.48. The molecule has 4 rings (SSSR count). The summed E-state index contributed by atoms with van der Waals surface area (Å²) < 4.78 is 18.6. The topological polar surface area (TPSA) is 58.6 Å². The Hall–Kier alpha value is -3.67. The van der Waals surface area contributed by atoms with Crippen LogP contribution in [0.3, 0.4) is 0 Å². The summed E-state index contributed by atoms with van der Waals surface area (Å²) in [7, 11) is 0. The van der Waals surface area contributed by atoms with E-state index in [0.717, 1.165) is 11.1 Å². The number of hydrogen-bond acceptors (Lipinski definition) is 3. The molecule has 1 aliphatic rings. The molecule has 158 valence electrons. The molecule has 0 aliphatic carbocycles. The van der Waals surface area contributed by atoms with Crippen LogP contribution in [0.25, 0.3) is 0 Å². The summed E-state index contributed by atoms with van der Waals surface area (Å²) in [6.45, 7) is 0.537. The average molecular weight is 418 g/mol. The smallest absolute Gasteiger partial charge is 0.325 e. The van der Waals surface area contributed by atoms with Gasteiger partial charge in [-0.3, -0.25) is 9.69 Å². The van der Waals surface area contributed by atoms with E-state index < -0.39 is 11.6 Å². The van der Waals surface area contributed by atoms with Crippen molar-refractivity contribution >= 4 is 11.9 Å². The summed E-state index contributed by atoms with van der Waals surface area (Å²) in [4.78, 5) is 27.5. The summed E-state index contributed by atoms with van der Waals surface area (Å²) in [6.07, 6.45) is 0.831. The molecule has 3 aromatic rings. The molecule has 0 spiro atoms. The molecule has 1 saturated heterocycles. The Balaban J connectivity index is 1.48. The number of carbonyl (C=O) groups is 2. The largest absolute Gasteiger partial charge is 0.494 e. The summed E-state index contributed by atoms with van der Waals surface area (Å²) in [5.41, 5.74) is 0.570. The van der Waals surface area contributed by atoms with Crippen LogP contribution in [-0.2, 0) is 16.8 Å². The lowest BCUT2D eigenvalue weighted by molar-refractivity contribution is -0.131. The fourth-order valence-electron chi connectivity index (χ4n) is 3.81. The molecule has 6 heteroatoms. The maximum atomic E-state index is 13.5. The van der Waals surface area contributed by atoms with E-state index in [4.69, 9.17) is 4.74 Å². The van der Waals surface area contributed by atoms with Gasteiger partial charge in [0.25, 0.3) is 5.91 Å². The lowest BCUT2D eigenvalue weighted by Gasteiger charge is -2.27. The van der Waals surface area contributed by atoms with E-state index in [1.807, 2.05) is 60.7 Å². The number of hydrogen-bond donors (Lipinski definition) is 1. The first-order valence-electron chi connectivity index (χ1n) is 10.2. The van der Waals surface area contributed by atoms with Crippen LogP contribution in [0.1, 0.15) is 17.5 Å². The molecule has 1 N–H and O–H groups in total. The molecule has 0 unspecified atom stereocenters. The number of imide groups is 1. The predicted molar refractivity (Wildman–Crippen MR) is 115 cm³/mol. The number of halogens is 1. The minimum absolute atomic E-state index is 0.231. The number of nitrogens with zero attached hydrogens (tertiary/aromatic N) is 1. The van der Waals surface area contributed by atoms with Gasteiger partial charge in [-0.25, -0.2) is 9.18 Å². The molecule has 0 saturated carbocycles. The van der Waals surface area contributed by atoms with Crippen molar-refractivity contribution in [1.82, 2.24) is 10.2 Å². The average Bonchev–Trinajstić information content (AvgIpc) is 3.04. The highest BCUT2D eigenvalue weighted by atomic mass is 19.1. The van der Waals surface area contributed by atoms with Crippen molar-refractivity contribution < 1.29 is 18.7 Å². The van der Waals surface area contributed by atoms with E-state index in [1.54, 1.807) is 12.1 Å². The Morgan fingerprint density at radius 2 is 1.52 bits per heavy atom. The summed E-state index contributed by atoms with van der Waals surface area (Å²) >= 11 is 0. The minimum atomic E-state index is -1.14. The third kappa shape index (κ3) is 4.43. The normalized spacial score (nSPS) is 18.2. The lowest BCUT2D eigenvalue weighted by atomic mass is 9.83. The predicted octanol–water partition coefficient (Wildman–Crippen LogP) is 4.28. The first kappa shape index (κ1) is 20.6. The lowest BCUT2D eigenvalue weighted by Crippen LogP contribution is -2.46. The van der Waals surface area contributed by atoms with Gasteiger partial charge in [-0.2, -0.15) is 0 Å². The maximum Gasteiger partial charge on any atom is 0.325 e. The van der Waals surface area contributed by atoms with Gasteiger partial charge >= 0.3 is 6.03 Å². The molecule has 3 amide bonds. The molecule has 5 nitrogen and oxygen atoms in total. The van der Waals surface area contributed by atoms with Crippen LogP contribution in [-0.4, -0.2) is 30.0 Å². The van der Waals surface area contributed by atoms with Crippen LogP contribution < -0.4 is 10.1 Å². The quantitative estimate of drug-likeness (QED) is 0.439. The third-order valence-corrected chi connectivity index (χ3v) is 5.36. The zero-order chi connectivity index (χ0) is 21.7. The fourth-order valence-corrected chi connectivity index (χ4v) is 3.81. The summed E-state index contributed by atoms with van der Waals surface area (Å²) in [6, 6.07) is 24.3. The highest BCUT2D eigenvalue weighted by Crippen LogP contribution is 2.33. The molecule has 1 aliphatic heterocycles. The van der Waals surface area contributed by atoms with Crippen LogP contribution in [0.4, 0.5) is 9.18 Å². The maximum absolute atomic E-state index is 13.5. The molecule has 0 aromatic heterocycles. The highest BCUT2D eigenvalue weighted by molar-refractivity contribution is 6.07.